The lowest BCUT2D eigenvalue weighted by atomic mass is 10.0. The van der Waals surface area contributed by atoms with Crippen molar-refractivity contribution in [3.63, 3.8) is 0 Å². The van der Waals surface area contributed by atoms with E-state index in [0.29, 0.717) is 41.9 Å². The van der Waals surface area contributed by atoms with Crippen molar-refractivity contribution in [1.82, 2.24) is 14.9 Å². The highest BCUT2D eigenvalue weighted by Gasteiger charge is 2.26. The van der Waals surface area contributed by atoms with Gasteiger partial charge in [-0.15, -0.1) is 0 Å². The van der Waals surface area contributed by atoms with Crippen LogP contribution in [0.1, 0.15) is 62.7 Å². The number of aryl methyl sites for hydroxylation is 1. The van der Waals surface area contributed by atoms with Crippen LogP contribution in [0.2, 0.25) is 10.0 Å². The van der Waals surface area contributed by atoms with E-state index < -0.39 is 0 Å². The van der Waals surface area contributed by atoms with E-state index in [1.165, 1.54) is 0 Å². The van der Waals surface area contributed by atoms with Crippen LogP contribution in [-0.2, 0) is 11.2 Å². The number of hydrogen-bond acceptors (Lipinski definition) is 4. The fourth-order valence-electron chi connectivity index (χ4n) is 3.83. The molecule has 2 heterocycles. The van der Waals surface area contributed by atoms with Crippen LogP contribution in [0.15, 0.2) is 18.2 Å². The Kier molecular flexibility index (Phi) is 7.82. The maximum atomic E-state index is 12.5. The first-order valence-corrected chi connectivity index (χ1v) is 11.7. The number of carbonyl (C=O) groups is 1. The molecule has 1 aliphatic rings. The summed E-state index contributed by atoms with van der Waals surface area (Å²) in [5.41, 5.74) is 3.05. The lowest BCUT2D eigenvalue weighted by Gasteiger charge is -2.37. The normalized spacial score (nSPS) is 14.6. The Morgan fingerprint density at radius 2 is 1.74 bits per heavy atom. The van der Waals surface area contributed by atoms with Crippen molar-refractivity contribution >= 4 is 34.9 Å². The number of halogens is 2. The Hall–Kier alpha value is -1.85. The van der Waals surface area contributed by atoms with Crippen molar-refractivity contribution in [3.05, 3.63) is 50.9 Å². The van der Waals surface area contributed by atoms with Crippen molar-refractivity contribution in [2.45, 2.75) is 53.4 Å². The van der Waals surface area contributed by atoms with Crippen LogP contribution in [0.5, 0.6) is 0 Å². The van der Waals surface area contributed by atoms with Crippen LogP contribution in [0.3, 0.4) is 0 Å². The molecule has 0 saturated carbocycles. The number of nitrogens with zero attached hydrogens (tertiary/aromatic N) is 4. The van der Waals surface area contributed by atoms with Gasteiger partial charge in [0, 0.05) is 66.2 Å². The van der Waals surface area contributed by atoms with Gasteiger partial charge < -0.3 is 9.80 Å². The maximum absolute atomic E-state index is 12.5. The van der Waals surface area contributed by atoms with Crippen molar-refractivity contribution < 1.29 is 4.79 Å². The van der Waals surface area contributed by atoms with Crippen LogP contribution in [0.25, 0.3) is 0 Å². The van der Waals surface area contributed by atoms with Gasteiger partial charge in [-0.05, 0) is 30.5 Å². The Morgan fingerprint density at radius 3 is 2.32 bits per heavy atom. The number of amides is 1. The molecule has 168 valence electrons. The van der Waals surface area contributed by atoms with Crippen molar-refractivity contribution in [1.29, 1.82) is 0 Å². The topological polar surface area (TPSA) is 49.3 Å². The summed E-state index contributed by atoms with van der Waals surface area (Å²) in [4.78, 5) is 26.5. The minimum Gasteiger partial charge on any atom is -0.353 e. The van der Waals surface area contributed by atoms with Crippen molar-refractivity contribution in [3.8, 4) is 0 Å². The molecule has 5 nitrogen and oxygen atoms in total. The summed E-state index contributed by atoms with van der Waals surface area (Å²) in [5, 5.41) is 1.27. The van der Waals surface area contributed by atoms with Crippen LogP contribution in [-0.4, -0.2) is 47.0 Å². The molecule has 1 amide bonds. The molecular weight excluding hydrogens is 431 g/mol. The number of aromatic nitrogens is 2. The second-order valence-electron chi connectivity index (χ2n) is 9.00. The Labute approximate surface area is 195 Å². The molecule has 0 bridgehead atoms. The van der Waals surface area contributed by atoms with E-state index in [9.17, 15) is 4.79 Å². The molecular formula is C24H32Cl2N4O. The molecule has 0 N–H and O–H groups in total. The second-order valence-corrected chi connectivity index (χ2v) is 9.85. The first kappa shape index (κ1) is 23.8. The van der Waals surface area contributed by atoms with Gasteiger partial charge in [0.05, 0.1) is 0 Å². The van der Waals surface area contributed by atoms with Gasteiger partial charge in [0.1, 0.15) is 11.6 Å². The summed E-state index contributed by atoms with van der Waals surface area (Å²) in [5.74, 6) is 2.65. The van der Waals surface area contributed by atoms with Gasteiger partial charge in [0.25, 0.3) is 0 Å². The molecule has 0 radical (unpaired) electrons. The molecule has 2 aromatic rings. The summed E-state index contributed by atoms with van der Waals surface area (Å²) in [6.07, 6.45) is 1.24. The number of carbonyl (C=O) groups excluding carboxylic acids is 1. The standard InChI is InChI=1S/C24H32Cl2N4O/c1-15(2)12-22(31)29-8-10-30(11-9-29)24-20(17(5)27-23(28-24)16(3)4)13-18-6-7-19(25)14-21(18)26/h6-7,14-16H,8-13H2,1-5H3. The Morgan fingerprint density at radius 1 is 1.06 bits per heavy atom. The quantitative estimate of drug-likeness (QED) is 0.568. The minimum absolute atomic E-state index is 0.236. The first-order chi connectivity index (χ1) is 14.7. The molecule has 31 heavy (non-hydrogen) atoms. The number of rotatable bonds is 6. The monoisotopic (exact) mass is 462 g/mol. The van der Waals surface area contributed by atoms with E-state index in [1.54, 1.807) is 6.07 Å². The molecule has 1 aliphatic heterocycles. The smallest absolute Gasteiger partial charge is 0.222 e. The van der Waals surface area contributed by atoms with Crippen molar-refractivity contribution in [2.24, 2.45) is 5.92 Å². The molecule has 0 spiro atoms. The van der Waals surface area contributed by atoms with E-state index in [0.717, 1.165) is 41.6 Å². The molecule has 0 unspecified atom stereocenters. The summed E-state index contributed by atoms with van der Waals surface area (Å²) in [6.45, 7) is 13.4. The molecule has 1 aromatic carbocycles. The summed E-state index contributed by atoms with van der Waals surface area (Å²) >= 11 is 12.5. The predicted molar refractivity (Wildman–Crippen MR) is 128 cm³/mol. The summed E-state index contributed by atoms with van der Waals surface area (Å²) in [7, 11) is 0. The lowest BCUT2D eigenvalue weighted by Crippen LogP contribution is -2.49. The van der Waals surface area contributed by atoms with Crippen LogP contribution >= 0.6 is 23.2 Å². The number of benzene rings is 1. The number of anilines is 1. The molecule has 1 saturated heterocycles. The Bertz CT molecular complexity index is 937. The highest BCUT2D eigenvalue weighted by atomic mass is 35.5. The van der Waals surface area contributed by atoms with Gasteiger partial charge in [-0.2, -0.15) is 0 Å². The largest absolute Gasteiger partial charge is 0.353 e. The summed E-state index contributed by atoms with van der Waals surface area (Å²) < 4.78 is 0. The minimum atomic E-state index is 0.236. The average molecular weight is 463 g/mol. The third kappa shape index (κ3) is 5.89. The van der Waals surface area contributed by atoms with Gasteiger partial charge >= 0.3 is 0 Å². The van der Waals surface area contributed by atoms with Crippen LogP contribution in [0.4, 0.5) is 5.82 Å². The zero-order valence-corrected chi connectivity index (χ0v) is 20.6. The van der Waals surface area contributed by atoms with Gasteiger partial charge in [-0.25, -0.2) is 9.97 Å². The number of piperazine rings is 1. The first-order valence-electron chi connectivity index (χ1n) is 11.0. The Balaban J connectivity index is 1.88. The molecule has 1 fully saturated rings. The van der Waals surface area contributed by atoms with E-state index in [1.807, 2.05) is 24.0 Å². The van der Waals surface area contributed by atoms with Gasteiger partial charge in [-0.1, -0.05) is 57.0 Å². The van der Waals surface area contributed by atoms with Crippen LogP contribution in [0, 0.1) is 12.8 Å². The van der Waals surface area contributed by atoms with Gasteiger partial charge in [-0.3, -0.25) is 4.79 Å². The molecule has 7 heteroatoms. The second kappa shape index (κ2) is 10.2. The highest BCUT2D eigenvalue weighted by Crippen LogP contribution is 2.30. The SMILES string of the molecule is Cc1nc(C(C)C)nc(N2CCN(C(=O)CC(C)C)CC2)c1Cc1ccc(Cl)cc1Cl. The molecule has 3 rings (SSSR count). The predicted octanol–water partition coefficient (Wildman–Crippen LogP) is 5.50. The maximum Gasteiger partial charge on any atom is 0.222 e. The molecule has 0 aliphatic carbocycles. The third-order valence-electron chi connectivity index (χ3n) is 5.62. The zero-order valence-electron chi connectivity index (χ0n) is 19.1. The van der Waals surface area contributed by atoms with Crippen LogP contribution < -0.4 is 4.90 Å². The lowest BCUT2D eigenvalue weighted by molar-refractivity contribution is -0.132. The van der Waals surface area contributed by atoms with Crippen molar-refractivity contribution in [2.75, 3.05) is 31.1 Å². The number of hydrogen-bond donors (Lipinski definition) is 0. The van der Waals surface area contributed by atoms with Gasteiger partial charge in [0.2, 0.25) is 5.91 Å². The average Bonchev–Trinajstić information content (AvgIpc) is 2.70. The zero-order chi connectivity index (χ0) is 22.7. The summed E-state index contributed by atoms with van der Waals surface area (Å²) in [6, 6.07) is 5.60. The van der Waals surface area contributed by atoms with Gasteiger partial charge in [0.15, 0.2) is 0 Å². The van der Waals surface area contributed by atoms with E-state index in [2.05, 4.69) is 32.6 Å². The van der Waals surface area contributed by atoms with E-state index in [-0.39, 0.29) is 11.8 Å². The molecule has 0 atom stereocenters. The fraction of sp³-hybridized carbons (Fsp3) is 0.542. The molecule has 1 aromatic heterocycles. The van der Waals surface area contributed by atoms with E-state index >= 15 is 0 Å². The fourth-order valence-corrected chi connectivity index (χ4v) is 4.31. The highest BCUT2D eigenvalue weighted by molar-refractivity contribution is 6.35. The third-order valence-corrected chi connectivity index (χ3v) is 6.21. The van der Waals surface area contributed by atoms with E-state index in [4.69, 9.17) is 33.2 Å².